The Balaban J connectivity index is 1.91. The molecule has 1 N–H and O–H groups in total. The molecule has 1 fully saturated rings. The third-order valence-corrected chi connectivity index (χ3v) is 2.71. The summed E-state index contributed by atoms with van der Waals surface area (Å²) in [5.41, 5.74) is 1.25. The topological polar surface area (TPSA) is 21.3 Å². The standard InChI is InChI=1S/C13H17NO/c1-2-6-12-10-15-13(9-14-12)11-7-4-3-5-8-11/h2-5,7-8,12-14H,1,6,9-10H2/t12-,13-/m0/s1. The molecule has 0 spiro atoms. The highest BCUT2D eigenvalue weighted by molar-refractivity contribution is 5.18. The highest BCUT2D eigenvalue weighted by Gasteiger charge is 2.20. The van der Waals surface area contributed by atoms with Gasteiger partial charge in [-0.25, -0.2) is 0 Å². The summed E-state index contributed by atoms with van der Waals surface area (Å²) in [6.45, 7) is 5.40. The number of hydrogen-bond acceptors (Lipinski definition) is 2. The van der Waals surface area contributed by atoms with Gasteiger partial charge in [0.25, 0.3) is 0 Å². The first-order chi connectivity index (χ1) is 7.40. The normalized spacial score (nSPS) is 26.1. The van der Waals surface area contributed by atoms with E-state index >= 15 is 0 Å². The Morgan fingerprint density at radius 1 is 1.40 bits per heavy atom. The molecule has 15 heavy (non-hydrogen) atoms. The maximum Gasteiger partial charge on any atom is 0.0950 e. The summed E-state index contributed by atoms with van der Waals surface area (Å²) in [4.78, 5) is 0. The molecule has 0 unspecified atom stereocenters. The zero-order valence-corrected chi connectivity index (χ0v) is 8.86. The fourth-order valence-corrected chi connectivity index (χ4v) is 1.86. The molecule has 0 saturated carbocycles. The molecule has 2 atom stereocenters. The number of morpholine rings is 1. The van der Waals surface area contributed by atoms with Crippen LogP contribution in [0.2, 0.25) is 0 Å². The van der Waals surface area contributed by atoms with Gasteiger partial charge in [-0.05, 0) is 12.0 Å². The Kier molecular flexibility index (Phi) is 3.54. The maximum absolute atomic E-state index is 5.82. The highest BCUT2D eigenvalue weighted by atomic mass is 16.5. The molecule has 2 nitrogen and oxygen atoms in total. The number of ether oxygens (including phenoxy) is 1. The molecule has 0 bridgehead atoms. The zero-order valence-electron chi connectivity index (χ0n) is 8.86. The summed E-state index contributed by atoms with van der Waals surface area (Å²) < 4.78 is 5.82. The van der Waals surface area contributed by atoms with Crippen LogP contribution in [0.15, 0.2) is 43.0 Å². The third kappa shape index (κ3) is 2.67. The van der Waals surface area contributed by atoms with E-state index in [1.165, 1.54) is 5.56 Å². The van der Waals surface area contributed by atoms with Gasteiger partial charge < -0.3 is 10.1 Å². The molecule has 2 heteroatoms. The first-order valence-electron chi connectivity index (χ1n) is 5.41. The van der Waals surface area contributed by atoms with Crippen LogP contribution in [-0.2, 0) is 4.74 Å². The minimum Gasteiger partial charge on any atom is -0.371 e. The number of rotatable bonds is 3. The quantitative estimate of drug-likeness (QED) is 0.761. The summed E-state index contributed by atoms with van der Waals surface area (Å²) in [6.07, 6.45) is 3.11. The van der Waals surface area contributed by atoms with Crippen LogP contribution in [0.3, 0.4) is 0 Å². The van der Waals surface area contributed by atoms with Crippen molar-refractivity contribution in [3.05, 3.63) is 48.6 Å². The summed E-state index contributed by atoms with van der Waals surface area (Å²) in [5, 5.41) is 3.47. The summed E-state index contributed by atoms with van der Waals surface area (Å²) in [6, 6.07) is 10.8. The van der Waals surface area contributed by atoms with Crippen molar-refractivity contribution >= 4 is 0 Å². The van der Waals surface area contributed by atoms with Gasteiger partial charge in [-0.15, -0.1) is 6.58 Å². The highest BCUT2D eigenvalue weighted by Crippen LogP contribution is 2.20. The third-order valence-electron chi connectivity index (χ3n) is 2.71. The molecule has 0 radical (unpaired) electrons. The molecule has 1 aliphatic heterocycles. The van der Waals surface area contributed by atoms with Gasteiger partial charge in [0.15, 0.2) is 0 Å². The molecular formula is C13H17NO. The molecule has 1 heterocycles. The minimum absolute atomic E-state index is 0.201. The summed E-state index contributed by atoms with van der Waals surface area (Å²) in [7, 11) is 0. The smallest absolute Gasteiger partial charge is 0.0950 e. The SMILES string of the molecule is C=CC[C@H]1CO[C@H](c2ccccc2)CN1. The fraction of sp³-hybridized carbons (Fsp3) is 0.385. The molecule has 2 rings (SSSR count). The molecule has 1 saturated heterocycles. The number of hydrogen-bond donors (Lipinski definition) is 1. The van der Waals surface area contributed by atoms with Crippen molar-refractivity contribution in [2.75, 3.05) is 13.2 Å². The Morgan fingerprint density at radius 2 is 2.20 bits per heavy atom. The van der Waals surface area contributed by atoms with Gasteiger partial charge in [-0.2, -0.15) is 0 Å². The van der Waals surface area contributed by atoms with Crippen LogP contribution in [0.1, 0.15) is 18.1 Å². The van der Waals surface area contributed by atoms with E-state index in [4.69, 9.17) is 4.74 Å². The lowest BCUT2D eigenvalue weighted by molar-refractivity contribution is 0.00364. The molecule has 80 valence electrons. The number of benzene rings is 1. The van der Waals surface area contributed by atoms with E-state index < -0.39 is 0 Å². The molecule has 1 aromatic carbocycles. The molecule has 1 aliphatic rings. The lowest BCUT2D eigenvalue weighted by atomic mass is 10.1. The number of nitrogens with one attached hydrogen (secondary N) is 1. The molecule has 0 aromatic heterocycles. The maximum atomic E-state index is 5.82. The van der Waals surface area contributed by atoms with Crippen LogP contribution in [0.5, 0.6) is 0 Å². The van der Waals surface area contributed by atoms with E-state index in [0.717, 1.165) is 19.6 Å². The molecular weight excluding hydrogens is 186 g/mol. The first-order valence-corrected chi connectivity index (χ1v) is 5.41. The van der Waals surface area contributed by atoms with Crippen LogP contribution in [0, 0.1) is 0 Å². The van der Waals surface area contributed by atoms with Gasteiger partial charge in [0.1, 0.15) is 0 Å². The molecule has 1 aromatic rings. The van der Waals surface area contributed by atoms with Crippen LogP contribution in [0.25, 0.3) is 0 Å². The lowest BCUT2D eigenvalue weighted by Crippen LogP contribution is -2.42. The van der Waals surface area contributed by atoms with E-state index in [9.17, 15) is 0 Å². The second-order valence-electron chi connectivity index (χ2n) is 3.86. The summed E-state index contributed by atoms with van der Waals surface area (Å²) >= 11 is 0. The van der Waals surface area contributed by atoms with E-state index in [1.54, 1.807) is 0 Å². The van der Waals surface area contributed by atoms with Crippen molar-refractivity contribution in [3.8, 4) is 0 Å². The van der Waals surface area contributed by atoms with Crippen molar-refractivity contribution in [3.63, 3.8) is 0 Å². The van der Waals surface area contributed by atoms with Crippen molar-refractivity contribution < 1.29 is 4.74 Å². The van der Waals surface area contributed by atoms with Gasteiger partial charge in [-0.3, -0.25) is 0 Å². The van der Waals surface area contributed by atoms with Gasteiger partial charge >= 0.3 is 0 Å². The largest absolute Gasteiger partial charge is 0.371 e. The summed E-state index contributed by atoms with van der Waals surface area (Å²) in [5.74, 6) is 0. The van der Waals surface area contributed by atoms with E-state index in [2.05, 4.69) is 36.2 Å². The average Bonchev–Trinajstić information content (AvgIpc) is 2.32. The van der Waals surface area contributed by atoms with Crippen LogP contribution in [0.4, 0.5) is 0 Å². The van der Waals surface area contributed by atoms with Crippen LogP contribution >= 0.6 is 0 Å². The Morgan fingerprint density at radius 3 is 2.80 bits per heavy atom. The average molecular weight is 203 g/mol. The van der Waals surface area contributed by atoms with Gasteiger partial charge in [0, 0.05) is 12.6 Å². The van der Waals surface area contributed by atoms with E-state index in [1.807, 2.05) is 12.1 Å². The van der Waals surface area contributed by atoms with Crippen molar-refractivity contribution in [1.29, 1.82) is 0 Å². The predicted octanol–water partition coefficient (Wildman–Crippen LogP) is 2.29. The second-order valence-corrected chi connectivity index (χ2v) is 3.86. The van der Waals surface area contributed by atoms with Crippen molar-refractivity contribution in [2.24, 2.45) is 0 Å². The Bertz CT molecular complexity index is 302. The van der Waals surface area contributed by atoms with Crippen molar-refractivity contribution in [2.45, 2.75) is 18.6 Å². The molecule has 0 aliphatic carbocycles. The fourth-order valence-electron chi connectivity index (χ4n) is 1.86. The van der Waals surface area contributed by atoms with Gasteiger partial charge in [0.2, 0.25) is 0 Å². The monoisotopic (exact) mass is 203 g/mol. The van der Waals surface area contributed by atoms with Gasteiger partial charge in [-0.1, -0.05) is 36.4 Å². The first kappa shape index (κ1) is 10.4. The molecule has 0 amide bonds. The predicted molar refractivity (Wildman–Crippen MR) is 61.7 cm³/mol. The zero-order chi connectivity index (χ0) is 10.5. The second kappa shape index (κ2) is 5.10. The van der Waals surface area contributed by atoms with Crippen LogP contribution in [-0.4, -0.2) is 19.2 Å². The van der Waals surface area contributed by atoms with E-state index in [-0.39, 0.29) is 6.10 Å². The van der Waals surface area contributed by atoms with Gasteiger partial charge in [0.05, 0.1) is 12.7 Å². The Labute approximate surface area is 91.0 Å². The van der Waals surface area contributed by atoms with Crippen molar-refractivity contribution in [1.82, 2.24) is 5.32 Å². The van der Waals surface area contributed by atoms with Crippen LogP contribution < -0.4 is 5.32 Å². The Hall–Kier alpha value is -1.12. The van der Waals surface area contributed by atoms with E-state index in [0.29, 0.717) is 6.04 Å². The minimum atomic E-state index is 0.201. The lowest BCUT2D eigenvalue weighted by Gasteiger charge is -2.30.